The number of rotatable bonds is 5. The lowest BCUT2D eigenvalue weighted by Gasteiger charge is -2.15. The van der Waals surface area contributed by atoms with Gasteiger partial charge in [-0.1, -0.05) is 30.3 Å². The highest BCUT2D eigenvalue weighted by Crippen LogP contribution is 2.39. The van der Waals surface area contributed by atoms with Crippen LogP contribution in [-0.2, 0) is 20.7 Å². The average molecular weight is 289 g/mol. The topological polar surface area (TPSA) is 133 Å². The highest BCUT2D eigenvalue weighted by molar-refractivity contribution is 7.53. The summed E-state index contributed by atoms with van der Waals surface area (Å²) >= 11 is 0. The summed E-state index contributed by atoms with van der Waals surface area (Å²) < 4.78 is 15.5. The van der Waals surface area contributed by atoms with Crippen molar-refractivity contribution in [3.8, 4) is 0 Å². The SMILES string of the molecule is O=C(NC(C(=O)O)P(=O)(O)O)OCc1ccccc1. The van der Waals surface area contributed by atoms with Gasteiger partial charge in [-0.3, -0.25) is 9.88 Å². The van der Waals surface area contributed by atoms with Crippen molar-refractivity contribution >= 4 is 19.7 Å². The van der Waals surface area contributed by atoms with Gasteiger partial charge in [0.15, 0.2) is 0 Å². The minimum absolute atomic E-state index is 0.139. The van der Waals surface area contributed by atoms with Crippen molar-refractivity contribution in [2.24, 2.45) is 0 Å². The smallest absolute Gasteiger partial charge is 0.408 e. The quantitative estimate of drug-likeness (QED) is 0.580. The molecule has 1 amide bonds. The number of amides is 1. The van der Waals surface area contributed by atoms with Gasteiger partial charge in [0.1, 0.15) is 6.61 Å². The predicted molar refractivity (Wildman–Crippen MR) is 63.2 cm³/mol. The van der Waals surface area contributed by atoms with E-state index in [1.54, 1.807) is 35.6 Å². The first-order valence-electron chi connectivity index (χ1n) is 5.06. The van der Waals surface area contributed by atoms with E-state index in [9.17, 15) is 14.2 Å². The molecule has 4 N–H and O–H groups in total. The molecule has 0 heterocycles. The summed E-state index contributed by atoms with van der Waals surface area (Å²) in [5.74, 6) is -4.17. The minimum Gasteiger partial charge on any atom is -0.479 e. The Morgan fingerprint density at radius 1 is 1.26 bits per heavy atom. The summed E-state index contributed by atoms with van der Waals surface area (Å²) in [4.78, 5) is 39.3. The number of nitrogens with one attached hydrogen (secondary N) is 1. The van der Waals surface area contributed by atoms with Crippen LogP contribution in [0, 0.1) is 0 Å². The van der Waals surface area contributed by atoms with Gasteiger partial charge in [0, 0.05) is 0 Å². The van der Waals surface area contributed by atoms with Crippen LogP contribution in [0.25, 0.3) is 0 Å². The fraction of sp³-hybridized carbons (Fsp3) is 0.200. The van der Waals surface area contributed by atoms with Crippen molar-refractivity contribution in [2.75, 3.05) is 0 Å². The van der Waals surface area contributed by atoms with Gasteiger partial charge in [-0.05, 0) is 5.56 Å². The summed E-state index contributed by atoms with van der Waals surface area (Å²) in [6.07, 6.45) is -1.22. The molecule has 0 aromatic heterocycles. The Bertz CT molecular complexity index is 498. The van der Waals surface area contributed by atoms with Gasteiger partial charge < -0.3 is 19.6 Å². The second kappa shape index (κ2) is 6.33. The lowest BCUT2D eigenvalue weighted by molar-refractivity contribution is -0.137. The van der Waals surface area contributed by atoms with E-state index in [2.05, 4.69) is 4.74 Å². The molecule has 1 unspecified atom stereocenters. The molecule has 0 spiro atoms. The van der Waals surface area contributed by atoms with Gasteiger partial charge in [-0.15, -0.1) is 0 Å². The Kier molecular flexibility index (Phi) is 5.05. The number of aliphatic carboxylic acids is 1. The number of ether oxygens (including phenoxy) is 1. The van der Waals surface area contributed by atoms with E-state index in [1.165, 1.54) is 0 Å². The fourth-order valence-corrected chi connectivity index (χ4v) is 1.73. The van der Waals surface area contributed by atoms with E-state index >= 15 is 0 Å². The molecule has 19 heavy (non-hydrogen) atoms. The molecule has 9 heteroatoms. The minimum atomic E-state index is -4.99. The third-order valence-electron chi connectivity index (χ3n) is 2.04. The van der Waals surface area contributed by atoms with Gasteiger partial charge in [0.2, 0.25) is 5.78 Å². The van der Waals surface area contributed by atoms with Crippen molar-refractivity contribution in [1.82, 2.24) is 5.32 Å². The standard InChI is InChI=1S/C10H12NO7P/c12-9(13)8(19(15,16)17)11-10(14)18-6-7-4-2-1-3-5-7/h1-5,8H,6H2,(H,11,14)(H,12,13)(H2,15,16,17). The van der Waals surface area contributed by atoms with Crippen molar-refractivity contribution in [1.29, 1.82) is 0 Å². The first kappa shape index (κ1) is 15.2. The highest BCUT2D eigenvalue weighted by atomic mass is 31.2. The zero-order chi connectivity index (χ0) is 14.5. The van der Waals surface area contributed by atoms with Crippen LogP contribution in [0.5, 0.6) is 0 Å². The molecule has 0 aliphatic heterocycles. The first-order chi connectivity index (χ1) is 8.80. The van der Waals surface area contributed by atoms with Crippen molar-refractivity contribution in [3.05, 3.63) is 35.9 Å². The second-order valence-electron chi connectivity index (χ2n) is 3.54. The summed E-state index contributed by atoms with van der Waals surface area (Å²) in [5, 5.41) is 10.2. The average Bonchev–Trinajstić information content (AvgIpc) is 2.33. The Labute approximate surface area is 108 Å². The molecule has 1 atom stereocenters. The van der Waals surface area contributed by atoms with E-state index in [1.807, 2.05) is 0 Å². The summed E-state index contributed by atoms with van der Waals surface area (Å²) in [5.41, 5.74) is 0.653. The van der Waals surface area contributed by atoms with E-state index < -0.39 is 25.4 Å². The van der Waals surface area contributed by atoms with Crippen LogP contribution in [0.3, 0.4) is 0 Å². The number of carbonyl (C=O) groups is 2. The van der Waals surface area contributed by atoms with Crippen molar-refractivity contribution in [2.45, 2.75) is 12.4 Å². The van der Waals surface area contributed by atoms with Crippen LogP contribution < -0.4 is 5.32 Å². The lowest BCUT2D eigenvalue weighted by atomic mass is 10.2. The molecule has 1 aromatic rings. The molecule has 0 aliphatic carbocycles. The summed E-state index contributed by atoms with van der Waals surface area (Å²) in [7, 11) is -4.99. The number of hydrogen-bond acceptors (Lipinski definition) is 4. The normalized spacial score (nSPS) is 12.5. The van der Waals surface area contributed by atoms with Crippen LogP contribution in [0.15, 0.2) is 30.3 Å². The largest absolute Gasteiger partial charge is 0.479 e. The lowest BCUT2D eigenvalue weighted by Crippen LogP contribution is -2.40. The highest BCUT2D eigenvalue weighted by Gasteiger charge is 2.37. The number of alkyl carbamates (subject to hydrolysis) is 1. The van der Waals surface area contributed by atoms with E-state index in [4.69, 9.17) is 14.9 Å². The number of carboxylic acid groups (broad SMARTS) is 1. The van der Waals surface area contributed by atoms with Gasteiger partial charge in [0.05, 0.1) is 0 Å². The number of carbonyl (C=O) groups excluding carboxylic acids is 1. The number of hydrogen-bond donors (Lipinski definition) is 4. The third kappa shape index (κ3) is 5.09. The Hall–Kier alpha value is -1.89. The second-order valence-corrected chi connectivity index (χ2v) is 5.23. The van der Waals surface area contributed by atoms with Gasteiger partial charge in [0.25, 0.3) is 0 Å². The van der Waals surface area contributed by atoms with Crippen LogP contribution in [-0.4, -0.2) is 32.7 Å². The summed E-state index contributed by atoms with van der Waals surface area (Å²) in [6.45, 7) is -0.139. The zero-order valence-corrected chi connectivity index (χ0v) is 10.5. The Balaban J connectivity index is 2.55. The molecule has 8 nitrogen and oxygen atoms in total. The molecule has 0 saturated carbocycles. The van der Waals surface area contributed by atoms with E-state index in [-0.39, 0.29) is 6.61 Å². The summed E-state index contributed by atoms with van der Waals surface area (Å²) in [6, 6.07) is 8.53. The van der Waals surface area contributed by atoms with Crippen molar-refractivity contribution < 1.29 is 33.8 Å². The van der Waals surface area contributed by atoms with Crippen LogP contribution >= 0.6 is 7.60 Å². The maximum absolute atomic E-state index is 11.2. The molecular weight excluding hydrogens is 277 g/mol. The van der Waals surface area contributed by atoms with Crippen LogP contribution in [0.1, 0.15) is 5.56 Å². The monoisotopic (exact) mass is 289 g/mol. The first-order valence-corrected chi connectivity index (χ1v) is 6.74. The molecule has 1 rings (SSSR count). The fourth-order valence-electron chi connectivity index (χ4n) is 1.17. The van der Waals surface area contributed by atoms with Gasteiger partial charge in [-0.2, -0.15) is 0 Å². The van der Waals surface area contributed by atoms with Gasteiger partial charge >= 0.3 is 19.7 Å². The van der Waals surface area contributed by atoms with Crippen molar-refractivity contribution in [3.63, 3.8) is 0 Å². The van der Waals surface area contributed by atoms with E-state index in [0.29, 0.717) is 5.56 Å². The molecule has 104 valence electrons. The van der Waals surface area contributed by atoms with E-state index in [0.717, 1.165) is 0 Å². The molecule has 0 bridgehead atoms. The van der Waals surface area contributed by atoms with Crippen LogP contribution in [0.2, 0.25) is 0 Å². The Morgan fingerprint density at radius 3 is 2.32 bits per heavy atom. The van der Waals surface area contributed by atoms with Crippen LogP contribution in [0.4, 0.5) is 4.79 Å². The van der Waals surface area contributed by atoms with Gasteiger partial charge in [-0.25, -0.2) is 9.59 Å². The maximum Gasteiger partial charge on any atom is 0.408 e. The third-order valence-corrected chi connectivity index (χ3v) is 3.06. The number of carboxylic acids is 1. The molecule has 0 aliphatic rings. The zero-order valence-electron chi connectivity index (χ0n) is 9.59. The molecule has 0 saturated heterocycles. The Morgan fingerprint density at radius 2 is 1.84 bits per heavy atom. The molecule has 1 aromatic carbocycles. The molecule has 0 fully saturated rings. The predicted octanol–water partition coefficient (Wildman–Crippen LogP) is 0.501. The molecular formula is C10H12NO7P. The maximum atomic E-state index is 11.2. The number of benzene rings is 1. The molecule has 0 radical (unpaired) electrons.